The first-order valence-electron chi connectivity index (χ1n) is 13.4. The van der Waals surface area contributed by atoms with Gasteiger partial charge in [0.15, 0.2) is 0 Å². The Balaban J connectivity index is 1.69. The van der Waals surface area contributed by atoms with Crippen molar-refractivity contribution in [3.63, 3.8) is 0 Å². The maximum absolute atomic E-state index is 13.0. The Morgan fingerprint density at radius 3 is 2.39 bits per heavy atom. The minimum absolute atomic E-state index is 0.135. The first-order chi connectivity index (χ1) is 18.0. The van der Waals surface area contributed by atoms with Crippen LogP contribution in [0.2, 0.25) is 0 Å². The van der Waals surface area contributed by atoms with Crippen molar-refractivity contribution >= 4 is 23.0 Å². The maximum Gasteiger partial charge on any atom is 0.418 e. The molecule has 2 unspecified atom stereocenters. The first kappa shape index (κ1) is 27.9. The van der Waals surface area contributed by atoms with Crippen LogP contribution in [0.15, 0.2) is 42.6 Å². The number of hydrogen-bond donors (Lipinski definition) is 0. The summed E-state index contributed by atoms with van der Waals surface area (Å²) in [6.07, 6.45) is 3.47. The number of ether oxygens (including phenoxy) is 3. The lowest BCUT2D eigenvalue weighted by molar-refractivity contribution is -0.0137. The average Bonchev–Trinajstić information content (AvgIpc) is 3.32. The third-order valence-corrected chi connectivity index (χ3v) is 7.23. The van der Waals surface area contributed by atoms with Gasteiger partial charge in [-0.15, -0.1) is 0 Å². The van der Waals surface area contributed by atoms with Gasteiger partial charge < -0.3 is 14.2 Å². The zero-order valence-electron chi connectivity index (χ0n) is 23.7. The maximum atomic E-state index is 13.0. The molecule has 0 radical (unpaired) electrons. The van der Waals surface area contributed by atoms with Gasteiger partial charge >= 0.3 is 12.1 Å². The Bertz CT molecular complexity index is 1300. The van der Waals surface area contributed by atoms with E-state index in [1.807, 2.05) is 71.1 Å². The predicted octanol–water partition coefficient (Wildman–Crippen LogP) is 6.57. The van der Waals surface area contributed by atoms with Gasteiger partial charge in [0.1, 0.15) is 5.60 Å². The molecule has 1 fully saturated rings. The van der Waals surface area contributed by atoms with Crippen LogP contribution in [0.5, 0.6) is 0 Å². The van der Waals surface area contributed by atoms with Crippen molar-refractivity contribution < 1.29 is 23.8 Å². The van der Waals surface area contributed by atoms with Gasteiger partial charge in [0.05, 0.1) is 24.3 Å². The van der Waals surface area contributed by atoms with E-state index in [1.165, 1.54) is 18.2 Å². The molecule has 0 saturated carbocycles. The smallest absolute Gasteiger partial charge is 0.418 e. The average molecular weight is 521 g/mol. The van der Waals surface area contributed by atoms with Crippen molar-refractivity contribution in [2.24, 2.45) is 0 Å². The fourth-order valence-corrected chi connectivity index (χ4v) is 5.51. The quantitative estimate of drug-likeness (QED) is 0.342. The van der Waals surface area contributed by atoms with Crippen LogP contribution in [0.1, 0.15) is 79.2 Å². The molecule has 0 spiro atoms. The van der Waals surface area contributed by atoms with Gasteiger partial charge in [0.25, 0.3) is 0 Å². The number of esters is 1. The highest BCUT2D eigenvalue weighted by molar-refractivity contribution is 5.94. The Morgan fingerprint density at radius 2 is 1.76 bits per heavy atom. The lowest BCUT2D eigenvalue weighted by Gasteiger charge is -2.40. The normalized spacial score (nSPS) is 18.5. The molecule has 1 aliphatic rings. The first-order valence-corrected chi connectivity index (χ1v) is 13.4. The van der Waals surface area contributed by atoms with Gasteiger partial charge in [0, 0.05) is 37.3 Å². The van der Waals surface area contributed by atoms with E-state index in [0.29, 0.717) is 12.2 Å². The molecular weight excluding hydrogens is 480 g/mol. The molecule has 1 aromatic heterocycles. The third kappa shape index (κ3) is 5.94. The summed E-state index contributed by atoms with van der Waals surface area (Å²) >= 11 is 0. The molecule has 7 nitrogen and oxygen atoms in total. The van der Waals surface area contributed by atoms with Crippen molar-refractivity contribution in [2.45, 2.75) is 78.7 Å². The number of benzene rings is 2. The Labute approximate surface area is 225 Å². The number of piperidine rings is 1. The summed E-state index contributed by atoms with van der Waals surface area (Å²) in [4.78, 5) is 27.5. The highest BCUT2D eigenvalue weighted by Crippen LogP contribution is 2.36. The monoisotopic (exact) mass is 520 g/mol. The van der Waals surface area contributed by atoms with Crippen molar-refractivity contribution in [2.75, 3.05) is 20.3 Å². The van der Waals surface area contributed by atoms with Crippen LogP contribution in [-0.4, -0.2) is 53.5 Å². The van der Waals surface area contributed by atoms with Crippen molar-refractivity contribution in [3.8, 4) is 0 Å². The number of nitrogens with zero attached hydrogens (tertiary/aromatic N) is 2. The number of likely N-dealkylation sites (tertiary alicyclic amines) is 1. The van der Waals surface area contributed by atoms with E-state index in [4.69, 9.17) is 14.2 Å². The molecule has 204 valence electrons. The summed E-state index contributed by atoms with van der Waals surface area (Å²) in [6, 6.07) is 12.0. The lowest BCUT2D eigenvalue weighted by Crippen LogP contribution is -2.39. The molecule has 0 amide bonds. The minimum atomic E-state index is -0.573. The Morgan fingerprint density at radius 1 is 1.05 bits per heavy atom. The Kier molecular flexibility index (Phi) is 8.28. The number of aromatic nitrogens is 1. The number of carbonyl (C=O) groups is 2. The molecule has 4 rings (SSSR count). The molecule has 1 aliphatic heterocycles. The summed E-state index contributed by atoms with van der Waals surface area (Å²) in [6.45, 7) is 14.2. The molecule has 7 heteroatoms. The fourth-order valence-electron chi connectivity index (χ4n) is 5.51. The van der Waals surface area contributed by atoms with Crippen molar-refractivity contribution in [1.29, 1.82) is 0 Å². The Hall–Kier alpha value is -3.16. The molecule has 2 atom stereocenters. The summed E-state index contributed by atoms with van der Waals surface area (Å²) < 4.78 is 18.2. The van der Waals surface area contributed by atoms with E-state index in [-0.39, 0.29) is 24.2 Å². The van der Waals surface area contributed by atoms with Crippen LogP contribution >= 0.6 is 0 Å². The van der Waals surface area contributed by atoms with Gasteiger partial charge in [-0.05, 0) is 94.8 Å². The number of rotatable bonds is 6. The van der Waals surface area contributed by atoms with Crippen LogP contribution in [0.4, 0.5) is 4.79 Å². The van der Waals surface area contributed by atoms with Gasteiger partial charge in [-0.3, -0.25) is 9.47 Å². The van der Waals surface area contributed by atoms with Gasteiger partial charge in [0.2, 0.25) is 0 Å². The van der Waals surface area contributed by atoms with E-state index in [0.717, 1.165) is 48.0 Å². The van der Waals surface area contributed by atoms with Crippen LogP contribution in [-0.2, 0) is 20.8 Å². The SMILES string of the molecule is CCOC1CCN(Cc2c(C)cc(C)c3c2ccn3C(=O)OC(C)(C)C)C(c2ccc(C(=O)OC)cc2)C1. The number of hydrogen-bond acceptors (Lipinski definition) is 6. The fraction of sp³-hybridized carbons (Fsp3) is 0.484. The second-order valence-electron chi connectivity index (χ2n) is 11.1. The molecule has 3 aromatic rings. The predicted molar refractivity (Wildman–Crippen MR) is 149 cm³/mol. The largest absolute Gasteiger partial charge is 0.465 e. The van der Waals surface area contributed by atoms with Crippen LogP contribution in [0.25, 0.3) is 10.9 Å². The van der Waals surface area contributed by atoms with E-state index < -0.39 is 5.60 Å². The van der Waals surface area contributed by atoms with Gasteiger partial charge in [-0.1, -0.05) is 18.2 Å². The second-order valence-corrected chi connectivity index (χ2v) is 11.1. The minimum Gasteiger partial charge on any atom is -0.465 e. The van der Waals surface area contributed by atoms with Gasteiger partial charge in [-0.25, -0.2) is 9.59 Å². The summed E-state index contributed by atoms with van der Waals surface area (Å²) in [5.74, 6) is -0.337. The number of aryl methyl sites for hydroxylation is 2. The standard InChI is InChI=1S/C31H40N2O5/c1-8-37-24-13-15-32(27(18-24)22-9-11-23(12-10-22)29(34)36-7)19-26-20(2)17-21(3)28-25(26)14-16-33(28)30(35)38-31(4,5)6/h9-12,14,16-17,24,27H,8,13,15,18-19H2,1-7H3. The molecule has 2 aromatic carbocycles. The highest BCUT2D eigenvalue weighted by Gasteiger charge is 2.31. The summed E-state index contributed by atoms with van der Waals surface area (Å²) in [5, 5.41) is 1.07. The lowest BCUT2D eigenvalue weighted by atomic mass is 9.91. The van der Waals surface area contributed by atoms with E-state index in [1.54, 1.807) is 4.57 Å². The number of carbonyl (C=O) groups excluding carboxylic acids is 2. The van der Waals surface area contributed by atoms with Crippen LogP contribution < -0.4 is 0 Å². The molecule has 0 aliphatic carbocycles. The molecule has 2 heterocycles. The zero-order valence-corrected chi connectivity index (χ0v) is 23.7. The second kappa shape index (κ2) is 11.3. The molecule has 0 N–H and O–H groups in total. The van der Waals surface area contributed by atoms with E-state index in [2.05, 4.69) is 17.9 Å². The zero-order chi connectivity index (χ0) is 27.6. The van der Waals surface area contributed by atoms with Crippen LogP contribution in [0, 0.1) is 13.8 Å². The van der Waals surface area contributed by atoms with Crippen LogP contribution in [0.3, 0.4) is 0 Å². The van der Waals surface area contributed by atoms with E-state index >= 15 is 0 Å². The third-order valence-electron chi connectivity index (χ3n) is 7.23. The number of fused-ring (bicyclic) bond motifs is 1. The molecule has 1 saturated heterocycles. The van der Waals surface area contributed by atoms with Gasteiger partial charge in [-0.2, -0.15) is 0 Å². The topological polar surface area (TPSA) is 70.0 Å². The molecular formula is C31H40N2O5. The molecule has 0 bridgehead atoms. The summed E-state index contributed by atoms with van der Waals surface area (Å²) in [7, 11) is 1.40. The number of methoxy groups -OCH3 is 1. The molecule has 38 heavy (non-hydrogen) atoms. The van der Waals surface area contributed by atoms with Crippen molar-refractivity contribution in [3.05, 3.63) is 70.4 Å². The van der Waals surface area contributed by atoms with Crippen molar-refractivity contribution in [1.82, 2.24) is 9.47 Å². The summed E-state index contributed by atoms with van der Waals surface area (Å²) in [5.41, 5.74) is 5.46. The highest BCUT2D eigenvalue weighted by atomic mass is 16.6. The van der Waals surface area contributed by atoms with E-state index in [9.17, 15) is 9.59 Å².